The summed E-state index contributed by atoms with van der Waals surface area (Å²) in [4.78, 5) is 40.1. The van der Waals surface area contributed by atoms with Gasteiger partial charge in [-0.15, -0.1) is 6.58 Å². The second-order valence-electron chi connectivity index (χ2n) is 9.16. The Morgan fingerprint density at radius 3 is 2.44 bits per heavy atom. The predicted molar refractivity (Wildman–Crippen MR) is 129 cm³/mol. The minimum Gasteiger partial charge on any atom is -0.464 e. The fourth-order valence-corrected chi connectivity index (χ4v) is 4.44. The monoisotopic (exact) mass is 457 g/mol. The molecule has 32 heavy (non-hydrogen) atoms. The summed E-state index contributed by atoms with van der Waals surface area (Å²) in [6.07, 6.45) is 5.04. The van der Waals surface area contributed by atoms with Crippen molar-refractivity contribution >= 4 is 32.0 Å². The van der Waals surface area contributed by atoms with Gasteiger partial charge in [0.25, 0.3) is 0 Å². The summed E-state index contributed by atoms with van der Waals surface area (Å²) in [7, 11) is -1.40. The number of rotatable bonds is 10. The van der Waals surface area contributed by atoms with Crippen molar-refractivity contribution in [3.05, 3.63) is 54.6 Å². The van der Waals surface area contributed by atoms with E-state index in [0.29, 0.717) is 6.61 Å². The van der Waals surface area contributed by atoms with Crippen molar-refractivity contribution in [3.8, 4) is 0 Å². The van der Waals surface area contributed by atoms with E-state index in [1.54, 1.807) is 13.0 Å². The second kappa shape index (κ2) is 11.8. The lowest BCUT2D eigenvalue weighted by Crippen LogP contribution is -2.46. The standard InChI is InChI=1S/C25H35NO5Si/c1-6-11-23(27)20-18-22(24(28)30-7-2)26(25(29)31-16-17-32(3,4)5)21(20)15-14-19-12-9-8-10-13-19/h6,8-10,12-15,20-22H,1,7,11,16-18H2,2-5H3/b15-14+/t20-,21-,22-/m1/s1. The third kappa shape index (κ3) is 7.19. The number of benzene rings is 1. The molecule has 0 aliphatic carbocycles. The highest BCUT2D eigenvalue weighted by atomic mass is 28.3. The fourth-order valence-electron chi connectivity index (χ4n) is 3.73. The quantitative estimate of drug-likeness (QED) is 0.283. The van der Waals surface area contributed by atoms with Crippen LogP contribution in [-0.4, -0.2) is 56.1 Å². The summed E-state index contributed by atoms with van der Waals surface area (Å²) in [5.41, 5.74) is 0.939. The predicted octanol–water partition coefficient (Wildman–Crippen LogP) is 4.94. The van der Waals surface area contributed by atoms with Gasteiger partial charge in [-0.3, -0.25) is 9.69 Å². The first-order valence-electron chi connectivity index (χ1n) is 11.2. The number of amides is 1. The number of ketones is 1. The van der Waals surface area contributed by atoms with Gasteiger partial charge in [0, 0.05) is 20.4 Å². The molecule has 1 saturated heterocycles. The van der Waals surface area contributed by atoms with E-state index in [0.717, 1.165) is 11.6 Å². The molecular formula is C25H35NO5Si. The molecule has 0 unspecified atom stereocenters. The average Bonchev–Trinajstić information content (AvgIpc) is 3.12. The van der Waals surface area contributed by atoms with Crippen LogP contribution < -0.4 is 0 Å². The Hall–Kier alpha value is -2.67. The molecular weight excluding hydrogens is 422 g/mol. The number of nitrogens with zero attached hydrogens (tertiary/aromatic N) is 1. The van der Waals surface area contributed by atoms with Crippen LogP contribution in [0.1, 0.15) is 25.3 Å². The van der Waals surface area contributed by atoms with E-state index >= 15 is 0 Å². The Balaban J connectivity index is 2.36. The van der Waals surface area contributed by atoms with Gasteiger partial charge in [-0.25, -0.2) is 9.59 Å². The molecule has 1 aliphatic heterocycles. The minimum atomic E-state index is -1.40. The third-order valence-corrected chi connectivity index (χ3v) is 7.14. The summed E-state index contributed by atoms with van der Waals surface area (Å²) >= 11 is 0. The van der Waals surface area contributed by atoms with E-state index in [4.69, 9.17) is 9.47 Å². The normalized spacial score (nSPS) is 20.9. The Bertz CT molecular complexity index is 830. The molecule has 1 fully saturated rings. The second-order valence-corrected chi connectivity index (χ2v) is 14.8. The molecule has 1 aliphatic rings. The van der Waals surface area contributed by atoms with Crippen LogP contribution >= 0.6 is 0 Å². The van der Waals surface area contributed by atoms with Crippen LogP contribution in [0.3, 0.4) is 0 Å². The van der Waals surface area contributed by atoms with E-state index in [2.05, 4.69) is 26.2 Å². The molecule has 1 aromatic carbocycles. The maximum Gasteiger partial charge on any atom is 0.411 e. The molecule has 7 heteroatoms. The van der Waals surface area contributed by atoms with Crippen molar-refractivity contribution in [2.75, 3.05) is 13.2 Å². The average molecular weight is 458 g/mol. The van der Waals surface area contributed by atoms with Gasteiger partial charge in [0.15, 0.2) is 0 Å². The molecule has 0 bridgehead atoms. The Morgan fingerprint density at radius 2 is 1.84 bits per heavy atom. The van der Waals surface area contributed by atoms with Crippen molar-refractivity contribution in [1.82, 2.24) is 4.90 Å². The molecule has 0 N–H and O–H groups in total. The number of likely N-dealkylation sites (tertiary alicyclic amines) is 1. The van der Waals surface area contributed by atoms with Crippen molar-refractivity contribution in [3.63, 3.8) is 0 Å². The number of allylic oxidation sites excluding steroid dienone is 1. The van der Waals surface area contributed by atoms with Crippen molar-refractivity contribution in [2.45, 2.75) is 57.5 Å². The summed E-state index contributed by atoms with van der Waals surface area (Å²) in [5, 5.41) is 0. The van der Waals surface area contributed by atoms with E-state index < -0.39 is 38.1 Å². The summed E-state index contributed by atoms with van der Waals surface area (Å²) < 4.78 is 10.8. The van der Waals surface area contributed by atoms with Crippen molar-refractivity contribution in [2.24, 2.45) is 5.92 Å². The first-order valence-corrected chi connectivity index (χ1v) is 14.9. The summed E-state index contributed by atoms with van der Waals surface area (Å²) in [6, 6.07) is 8.98. The zero-order chi connectivity index (χ0) is 23.7. The number of hydrogen-bond donors (Lipinski definition) is 0. The number of Topliss-reactive ketones (excluding diaryl/α,β-unsaturated/α-hetero) is 1. The number of carbonyl (C=O) groups excluding carboxylic acids is 3. The van der Waals surface area contributed by atoms with Crippen LogP contribution in [-0.2, 0) is 19.1 Å². The zero-order valence-corrected chi connectivity index (χ0v) is 20.6. The van der Waals surface area contributed by atoms with Crippen molar-refractivity contribution < 1.29 is 23.9 Å². The van der Waals surface area contributed by atoms with Gasteiger partial charge in [-0.05, 0) is 25.0 Å². The van der Waals surface area contributed by atoms with Gasteiger partial charge in [-0.2, -0.15) is 0 Å². The molecule has 0 aromatic heterocycles. The Labute approximate surface area is 192 Å². The lowest BCUT2D eigenvalue weighted by Gasteiger charge is -2.28. The van der Waals surface area contributed by atoms with E-state index in [9.17, 15) is 14.4 Å². The van der Waals surface area contributed by atoms with Crippen LogP contribution in [0.4, 0.5) is 4.79 Å². The molecule has 1 aromatic rings. The van der Waals surface area contributed by atoms with Gasteiger partial charge in [0.2, 0.25) is 0 Å². The number of hydrogen-bond acceptors (Lipinski definition) is 5. The van der Waals surface area contributed by atoms with E-state index in [-0.39, 0.29) is 25.2 Å². The maximum atomic E-state index is 13.1. The van der Waals surface area contributed by atoms with Crippen LogP contribution in [0.5, 0.6) is 0 Å². The topological polar surface area (TPSA) is 72.9 Å². The molecule has 1 heterocycles. The molecule has 2 rings (SSSR count). The molecule has 6 nitrogen and oxygen atoms in total. The summed E-state index contributed by atoms with van der Waals surface area (Å²) in [6.45, 7) is 12.5. The molecule has 1 amide bonds. The SMILES string of the molecule is C=CCC(=O)[C@@H]1C[C@H](C(=O)OCC)N(C(=O)OCC[Si](C)(C)C)[C@@H]1/C=C/c1ccccc1. The summed E-state index contributed by atoms with van der Waals surface area (Å²) in [5.74, 6) is -1.11. The van der Waals surface area contributed by atoms with Gasteiger partial charge in [0.1, 0.15) is 11.8 Å². The molecule has 174 valence electrons. The highest BCUT2D eigenvalue weighted by Gasteiger charge is 2.49. The van der Waals surface area contributed by atoms with E-state index in [1.807, 2.05) is 42.5 Å². The zero-order valence-electron chi connectivity index (χ0n) is 19.6. The number of carbonyl (C=O) groups is 3. The van der Waals surface area contributed by atoms with Crippen LogP contribution in [0.15, 0.2) is 49.1 Å². The molecule has 0 radical (unpaired) electrons. The van der Waals surface area contributed by atoms with Gasteiger partial charge in [0.05, 0.1) is 19.3 Å². The fraction of sp³-hybridized carbons (Fsp3) is 0.480. The van der Waals surface area contributed by atoms with Gasteiger partial charge in [-0.1, -0.05) is 68.2 Å². The first kappa shape index (κ1) is 25.6. The Kier molecular flexibility index (Phi) is 9.44. The minimum absolute atomic E-state index is 0.0607. The van der Waals surface area contributed by atoms with Gasteiger partial charge < -0.3 is 9.47 Å². The lowest BCUT2D eigenvalue weighted by molar-refractivity contribution is -0.148. The largest absolute Gasteiger partial charge is 0.464 e. The number of ether oxygens (including phenoxy) is 2. The Morgan fingerprint density at radius 1 is 1.16 bits per heavy atom. The van der Waals surface area contributed by atoms with Crippen LogP contribution in [0.2, 0.25) is 25.7 Å². The van der Waals surface area contributed by atoms with Gasteiger partial charge >= 0.3 is 12.1 Å². The number of esters is 1. The van der Waals surface area contributed by atoms with Crippen LogP contribution in [0.25, 0.3) is 6.08 Å². The highest BCUT2D eigenvalue weighted by molar-refractivity contribution is 6.76. The lowest BCUT2D eigenvalue weighted by atomic mass is 9.91. The molecule has 3 atom stereocenters. The first-order chi connectivity index (χ1) is 15.2. The molecule has 0 spiro atoms. The maximum absolute atomic E-state index is 13.1. The van der Waals surface area contributed by atoms with E-state index in [1.165, 1.54) is 4.90 Å². The molecule has 0 saturated carbocycles. The van der Waals surface area contributed by atoms with Crippen molar-refractivity contribution in [1.29, 1.82) is 0 Å². The highest BCUT2D eigenvalue weighted by Crippen LogP contribution is 2.34. The third-order valence-electron chi connectivity index (χ3n) is 5.44. The smallest absolute Gasteiger partial charge is 0.411 e. The van der Waals surface area contributed by atoms with Crippen LogP contribution in [0, 0.1) is 5.92 Å².